The number of hydrogen-bond donors (Lipinski definition) is 2. The lowest BCUT2D eigenvalue weighted by atomic mass is 10.2. The van der Waals surface area contributed by atoms with Crippen molar-refractivity contribution in [3.05, 3.63) is 48.0 Å². The van der Waals surface area contributed by atoms with Crippen molar-refractivity contribution in [2.45, 2.75) is 0 Å². The Bertz CT molecular complexity index is 622. The van der Waals surface area contributed by atoms with Gasteiger partial charge in [-0.3, -0.25) is 0 Å². The number of nitrogens with two attached hydrogens (primary N) is 2. The highest BCUT2D eigenvalue weighted by Crippen LogP contribution is 2.24. The summed E-state index contributed by atoms with van der Waals surface area (Å²) < 4.78 is 27.1. The lowest BCUT2D eigenvalue weighted by Crippen LogP contribution is -2.46. The summed E-state index contributed by atoms with van der Waals surface area (Å²) >= 11 is 0. The molecule has 2 aromatic carbocycles. The van der Waals surface area contributed by atoms with Crippen molar-refractivity contribution >= 4 is 22.7 Å². The SMILES string of the molecule is Nc1ccc(N2CCN(c3ccc(N)c(F)c3)CC2)cc1F. The molecule has 0 atom stereocenters. The minimum atomic E-state index is -0.402. The van der Waals surface area contributed by atoms with Gasteiger partial charge in [0.25, 0.3) is 0 Å². The van der Waals surface area contributed by atoms with Crippen LogP contribution in [-0.2, 0) is 0 Å². The average Bonchev–Trinajstić information content (AvgIpc) is 2.53. The third-order valence-corrected chi connectivity index (χ3v) is 3.98. The van der Waals surface area contributed by atoms with Crippen LogP contribution in [0.5, 0.6) is 0 Å². The first kappa shape index (κ1) is 14.4. The molecule has 22 heavy (non-hydrogen) atoms. The molecule has 0 spiro atoms. The number of piperazine rings is 1. The van der Waals surface area contributed by atoms with Crippen molar-refractivity contribution in [2.75, 3.05) is 47.4 Å². The predicted octanol–water partition coefficient (Wildman–Crippen LogP) is 2.46. The lowest BCUT2D eigenvalue weighted by molar-refractivity contribution is 0.618. The highest BCUT2D eigenvalue weighted by atomic mass is 19.1. The van der Waals surface area contributed by atoms with E-state index in [2.05, 4.69) is 9.80 Å². The van der Waals surface area contributed by atoms with Crippen molar-refractivity contribution in [1.29, 1.82) is 0 Å². The molecule has 4 nitrogen and oxygen atoms in total. The molecule has 3 rings (SSSR count). The van der Waals surface area contributed by atoms with Crippen molar-refractivity contribution in [3.8, 4) is 0 Å². The van der Waals surface area contributed by atoms with Crippen LogP contribution in [-0.4, -0.2) is 26.2 Å². The number of nitrogens with zero attached hydrogens (tertiary/aromatic N) is 2. The lowest BCUT2D eigenvalue weighted by Gasteiger charge is -2.37. The van der Waals surface area contributed by atoms with Gasteiger partial charge in [0.1, 0.15) is 11.6 Å². The number of hydrogen-bond acceptors (Lipinski definition) is 4. The van der Waals surface area contributed by atoms with Crippen LogP contribution in [0.4, 0.5) is 31.5 Å². The van der Waals surface area contributed by atoms with Crippen LogP contribution in [0.3, 0.4) is 0 Å². The Labute approximate surface area is 127 Å². The molecule has 0 aliphatic carbocycles. The van der Waals surface area contributed by atoms with E-state index < -0.39 is 11.6 Å². The molecule has 0 radical (unpaired) electrons. The van der Waals surface area contributed by atoms with Crippen molar-refractivity contribution < 1.29 is 8.78 Å². The van der Waals surface area contributed by atoms with Crippen LogP contribution < -0.4 is 21.3 Å². The first-order valence-electron chi connectivity index (χ1n) is 7.14. The maximum absolute atomic E-state index is 13.5. The van der Waals surface area contributed by atoms with Gasteiger partial charge in [0.2, 0.25) is 0 Å². The second kappa shape index (κ2) is 5.71. The molecule has 1 aliphatic rings. The summed E-state index contributed by atoms with van der Waals surface area (Å²) in [7, 11) is 0. The number of benzene rings is 2. The van der Waals surface area contributed by atoms with Crippen LogP contribution in [0.15, 0.2) is 36.4 Å². The smallest absolute Gasteiger partial charge is 0.148 e. The maximum atomic E-state index is 13.5. The highest BCUT2D eigenvalue weighted by molar-refractivity contribution is 5.57. The number of halogens is 2. The van der Waals surface area contributed by atoms with E-state index in [9.17, 15) is 8.78 Å². The van der Waals surface area contributed by atoms with Crippen LogP contribution in [0, 0.1) is 11.6 Å². The van der Waals surface area contributed by atoms with Gasteiger partial charge in [-0.2, -0.15) is 0 Å². The minimum absolute atomic E-state index is 0.153. The third kappa shape index (κ3) is 2.77. The van der Waals surface area contributed by atoms with Gasteiger partial charge in [-0.15, -0.1) is 0 Å². The van der Waals surface area contributed by atoms with Gasteiger partial charge in [0.05, 0.1) is 11.4 Å². The van der Waals surface area contributed by atoms with E-state index in [-0.39, 0.29) is 11.4 Å². The Balaban J connectivity index is 1.69. The molecule has 1 heterocycles. The highest BCUT2D eigenvalue weighted by Gasteiger charge is 2.19. The average molecular weight is 304 g/mol. The summed E-state index contributed by atoms with van der Waals surface area (Å²) in [6.07, 6.45) is 0. The van der Waals surface area contributed by atoms with Gasteiger partial charge in [-0.05, 0) is 36.4 Å². The topological polar surface area (TPSA) is 58.5 Å². The normalized spacial score (nSPS) is 15.2. The maximum Gasteiger partial charge on any atom is 0.148 e. The Morgan fingerprint density at radius 2 is 1.05 bits per heavy atom. The molecule has 4 N–H and O–H groups in total. The van der Waals surface area contributed by atoms with E-state index in [0.717, 1.165) is 37.6 Å². The second-order valence-electron chi connectivity index (χ2n) is 5.39. The molecule has 1 aliphatic heterocycles. The zero-order valence-electron chi connectivity index (χ0n) is 12.1. The second-order valence-corrected chi connectivity index (χ2v) is 5.39. The van der Waals surface area contributed by atoms with Gasteiger partial charge in [-0.25, -0.2) is 8.78 Å². The summed E-state index contributed by atoms with van der Waals surface area (Å²) in [6.45, 7) is 2.93. The van der Waals surface area contributed by atoms with E-state index in [4.69, 9.17) is 11.5 Å². The monoisotopic (exact) mass is 304 g/mol. The minimum Gasteiger partial charge on any atom is -0.396 e. The summed E-state index contributed by atoms with van der Waals surface area (Å²) in [6, 6.07) is 9.69. The molecule has 0 amide bonds. The van der Waals surface area contributed by atoms with Crippen molar-refractivity contribution in [1.82, 2.24) is 0 Å². The molecule has 0 bridgehead atoms. The van der Waals surface area contributed by atoms with Crippen LogP contribution in [0.25, 0.3) is 0 Å². The van der Waals surface area contributed by atoms with Gasteiger partial charge in [0, 0.05) is 37.6 Å². The molecule has 6 heteroatoms. The van der Waals surface area contributed by atoms with Gasteiger partial charge >= 0.3 is 0 Å². The molecule has 2 aromatic rings. The molecule has 0 aromatic heterocycles. The van der Waals surface area contributed by atoms with Crippen molar-refractivity contribution in [3.63, 3.8) is 0 Å². The van der Waals surface area contributed by atoms with Gasteiger partial charge in [-0.1, -0.05) is 0 Å². The quantitative estimate of drug-likeness (QED) is 0.837. The Morgan fingerprint density at radius 3 is 1.36 bits per heavy atom. The van der Waals surface area contributed by atoms with Crippen LogP contribution >= 0.6 is 0 Å². The third-order valence-electron chi connectivity index (χ3n) is 3.98. The molecular formula is C16H18F2N4. The van der Waals surface area contributed by atoms with E-state index in [1.165, 1.54) is 12.1 Å². The molecule has 1 saturated heterocycles. The molecule has 0 unspecified atom stereocenters. The van der Waals surface area contributed by atoms with E-state index >= 15 is 0 Å². The number of rotatable bonds is 2. The van der Waals surface area contributed by atoms with Gasteiger partial charge < -0.3 is 21.3 Å². The van der Waals surface area contributed by atoms with Crippen LogP contribution in [0.2, 0.25) is 0 Å². The van der Waals surface area contributed by atoms with E-state index in [1.54, 1.807) is 12.1 Å². The first-order valence-corrected chi connectivity index (χ1v) is 7.14. The largest absolute Gasteiger partial charge is 0.396 e. The van der Waals surface area contributed by atoms with Crippen molar-refractivity contribution in [2.24, 2.45) is 0 Å². The van der Waals surface area contributed by atoms with Crippen LogP contribution in [0.1, 0.15) is 0 Å². The predicted molar refractivity (Wildman–Crippen MR) is 86.1 cm³/mol. The molecule has 116 valence electrons. The number of nitrogen functional groups attached to an aromatic ring is 2. The fraction of sp³-hybridized carbons (Fsp3) is 0.250. The fourth-order valence-corrected chi connectivity index (χ4v) is 2.65. The molecule has 0 saturated carbocycles. The fourth-order valence-electron chi connectivity index (χ4n) is 2.65. The number of anilines is 4. The van der Waals surface area contributed by atoms with Gasteiger partial charge in [0.15, 0.2) is 0 Å². The Hall–Kier alpha value is -2.50. The summed E-state index contributed by atoms with van der Waals surface area (Å²) in [4.78, 5) is 4.18. The summed E-state index contributed by atoms with van der Waals surface area (Å²) in [5.74, 6) is -0.805. The summed E-state index contributed by atoms with van der Waals surface area (Å²) in [5.41, 5.74) is 12.9. The first-order chi connectivity index (χ1) is 10.5. The molecule has 1 fully saturated rings. The zero-order valence-corrected chi connectivity index (χ0v) is 12.1. The van der Waals surface area contributed by atoms with E-state index in [1.807, 2.05) is 12.1 Å². The Kier molecular flexibility index (Phi) is 3.75. The zero-order chi connectivity index (χ0) is 15.7. The molecular weight excluding hydrogens is 286 g/mol. The Morgan fingerprint density at radius 1 is 0.682 bits per heavy atom. The van der Waals surface area contributed by atoms with E-state index in [0.29, 0.717) is 0 Å². The summed E-state index contributed by atoms with van der Waals surface area (Å²) in [5, 5.41) is 0. The standard InChI is InChI=1S/C16H18F2N4/c17-13-9-11(1-3-15(13)19)21-5-7-22(8-6-21)12-2-4-16(20)14(18)10-12/h1-4,9-10H,5-8,19-20H2.